The molecule has 1 saturated heterocycles. The number of halogens is 2. The van der Waals surface area contributed by atoms with Crippen molar-refractivity contribution in [3.63, 3.8) is 0 Å². The van der Waals surface area contributed by atoms with Crippen LogP contribution in [0.3, 0.4) is 0 Å². The zero-order chi connectivity index (χ0) is 14.0. The minimum Gasteiger partial charge on any atom is -0.372 e. The Morgan fingerprint density at radius 1 is 1.32 bits per heavy atom. The molecule has 0 saturated carbocycles. The van der Waals surface area contributed by atoms with Gasteiger partial charge in [-0.2, -0.15) is 0 Å². The summed E-state index contributed by atoms with van der Waals surface area (Å²) < 4.78 is 5.68. The van der Waals surface area contributed by atoms with Crippen LogP contribution in [0.15, 0.2) is 18.2 Å². The second kappa shape index (κ2) is 6.27. The molecule has 1 aromatic carbocycles. The third-order valence-corrected chi connectivity index (χ3v) is 3.79. The summed E-state index contributed by atoms with van der Waals surface area (Å²) in [4.78, 5) is 2.10. The molecule has 2 rings (SSSR count). The average Bonchev–Trinajstić information content (AvgIpc) is 2.31. The highest BCUT2D eigenvalue weighted by atomic mass is 35.5. The van der Waals surface area contributed by atoms with Crippen molar-refractivity contribution in [2.24, 2.45) is 0 Å². The van der Waals surface area contributed by atoms with Gasteiger partial charge >= 0.3 is 0 Å². The predicted octanol–water partition coefficient (Wildman–Crippen LogP) is 3.80. The molecule has 1 heterocycles. The molecule has 0 aliphatic carbocycles. The maximum atomic E-state index is 6.12. The van der Waals surface area contributed by atoms with E-state index >= 15 is 0 Å². The van der Waals surface area contributed by atoms with Crippen molar-refractivity contribution in [2.45, 2.75) is 26.1 Å². The van der Waals surface area contributed by atoms with Gasteiger partial charge in [-0.05, 0) is 44.3 Å². The summed E-state index contributed by atoms with van der Waals surface area (Å²) in [5.41, 5.74) is 0.767. The molecule has 3 nitrogen and oxygen atoms in total. The van der Waals surface area contributed by atoms with E-state index in [1.54, 1.807) is 12.1 Å². The van der Waals surface area contributed by atoms with Crippen LogP contribution in [-0.4, -0.2) is 35.3 Å². The Labute approximate surface area is 128 Å². The van der Waals surface area contributed by atoms with Crippen molar-refractivity contribution in [3.8, 4) is 0 Å². The van der Waals surface area contributed by atoms with Gasteiger partial charge in [0.1, 0.15) is 0 Å². The van der Waals surface area contributed by atoms with Gasteiger partial charge in [-0.1, -0.05) is 23.2 Å². The van der Waals surface area contributed by atoms with Gasteiger partial charge in [0.15, 0.2) is 5.11 Å². The number of nitrogens with zero attached hydrogens (tertiary/aromatic N) is 1. The van der Waals surface area contributed by atoms with E-state index < -0.39 is 0 Å². The van der Waals surface area contributed by atoms with Gasteiger partial charge in [0, 0.05) is 18.1 Å². The van der Waals surface area contributed by atoms with Crippen molar-refractivity contribution < 1.29 is 4.74 Å². The molecule has 2 atom stereocenters. The number of nitrogens with one attached hydrogen (secondary N) is 1. The van der Waals surface area contributed by atoms with Crippen molar-refractivity contribution in [1.29, 1.82) is 0 Å². The van der Waals surface area contributed by atoms with Gasteiger partial charge in [-0.15, -0.1) is 0 Å². The van der Waals surface area contributed by atoms with Crippen LogP contribution >= 0.6 is 35.4 Å². The van der Waals surface area contributed by atoms with Crippen LogP contribution in [-0.2, 0) is 4.74 Å². The minimum atomic E-state index is 0.171. The first-order valence-electron chi connectivity index (χ1n) is 6.12. The molecule has 1 aliphatic heterocycles. The zero-order valence-electron chi connectivity index (χ0n) is 10.8. The highest BCUT2D eigenvalue weighted by Crippen LogP contribution is 2.26. The number of morpholine rings is 1. The molecule has 0 spiro atoms. The van der Waals surface area contributed by atoms with Crippen molar-refractivity contribution in [1.82, 2.24) is 4.90 Å². The van der Waals surface area contributed by atoms with E-state index in [1.807, 2.05) is 19.9 Å². The first-order chi connectivity index (χ1) is 8.95. The first kappa shape index (κ1) is 14.9. The van der Waals surface area contributed by atoms with Crippen LogP contribution in [0.4, 0.5) is 5.69 Å². The normalized spacial score (nSPS) is 23.3. The number of rotatable bonds is 1. The standard InChI is InChI=1S/C13H16Cl2N2OS/c1-8-6-17(7-9(2)18-8)13(19)16-12-4-3-10(14)5-11(12)15/h3-5,8-9H,6-7H2,1-2H3,(H,16,19). The van der Waals surface area contributed by atoms with Crippen molar-refractivity contribution >= 4 is 46.2 Å². The Kier molecular flexibility index (Phi) is 4.90. The minimum absolute atomic E-state index is 0.171. The number of hydrogen-bond acceptors (Lipinski definition) is 2. The number of anilines is 1. The highest BCUT2D eigenvalue weighted by molar-refractivity contribution is 7.80. The van der Waals surface area contributed by atoms with E-state index in [2.05, 4.69) is 10.2 Å². The van der Waals surface area contributed by atoms with Crippen molar-refractivity contribution in [2.75, 3.05) is 18.4 Å². The monoisotopic (exact) mass is 318 g/mol. The lowest BCUT2D eigenvalue weighted by atomic mass is 10.2. The predicted molar refractivity (Wildman–Crippen MR) is 84.3 cm³/mol. The summed E-state index contributed by atoms with van der Waals surface area (Å²) in [5.74, 6) is 0. The molecule has 1 fully saturated rings. The summed E-state index contributed by atoms with van der Waals surface area (Å²) >= 11 is 17.4. The fraction of sp³-hybridized carbons (Fsp3) is 0.462. The fourth-order valence-electron chi connectivity index (χ4n) is 2.13. The molecule has 6 heteroatoms. The summed E-state index contributed by atoms with van der Waals surface area (Å²) in [5, 5.41) is 4.98. The van der Waals surface area contributed by atoms with Crippen LogP contribution < -0.4 is 5.32 Å². The van der Waals surface area contributed by atoms with Crippen LogP contribution in [0.1, 0.15) is 13.8 Å². The van der Waals surface area contributed by atoms with E-state index in [9.17, 15) is 0 Å². The third kappa shape index (κ3) is 3.96. The van der Waals surface area contributed by atoms with Crippen LogP contribution in [0, 0.1) is 0 Å². The molecule has 0 aromatic heterocycles. The Morgan fingerprint density at radius 2 is 1.95 bits per heavy atom. The third-order valence-electron chi connectivity index (χ3n) is 2.88. The number of ether oxygens (including phenoxy) is 1. The largest absolute Gasteiger partial charge is 0.372 e. The maximum absolute atomic E-state index is 6.12. The number of hydrogen-bond donors (Lipinski definition) is 1. The van der Waals surface area contributed by atoms with Gasteiger partial charge in [-0.3, -0.25) is 0 Å². The summed E-state index contributed by atoms with van der Waals surface area (Å²) in [6.07, 6.45) is 0.341. The van der Waals surface area contributed by atoms with Gasteiger partial charge in [-0.25, -0.2) is 0 Å². The molecule has 19 heavy (non-hydrogen) atoms. The molecule has 0 bridgehead atoms. The summed E-state index contributed by atoms with van der Waals surface area (Å²) in [6, 6.07) is 5.30. The lowest BCUT2D eigenvalue weighted by Gasteiger charge is -2.37. The van der Waals surface area contributed by atoms with Crippen molar-refractivity contribution in [3.05, 3.63) is 28.2 Å². The summed E-state index contributed by atoms with van der Waals surface area (Å²) in [7, 11) is 0. The van der Waals surface area contributed by atoms with Gasteiger partial charge < -0.3 is 15.0 Å². The highest BCUT2D eigenvalue weighted by Gasteiger charge is 2.24. The summed E-state index contributed by atoms with van der Waals surface area (Å²) in [6.45, 7) is 5.64. The Morgan fingerprint density at radius 3 is 2.53 bits per heavy atom. The maximum Gasteiger partial charge on any atom is 0.173 e. The molecule has 104 valence electrons. The fourth-order valence-corrected chi connectivity index (χ4v) is 2.84. The van der Waals surface area contributed by atoms with Gasteiger partial charge in [0.25, 0.3) is 0 Å². The molecule has 0 amide bonds. The molecule has 2 unspecified atom stereocenters. The number of benzene rings is 1. The van der Waals surface area contributed by atoms with E-state index in [0.717, 1.165) is 18.8 Å². The van der Waals surface area contributed by atoms with Gasteiger partial charge in [0.05, 0.1) is 22.9 Å². The van der Waals surface area contributed by atoms with E-state index in [1.165, 1.54) is 0 Å². The van der Waals surface area contributed by atoms with Crippen LogP contribution in [0.5, 0.6) is 0 Å². The Bertz CT molecular complexity index is 474. The van der Waals surface area contributed by atoms with E-state index in [4.69, 9.17) is 40.2 Å². The van der Waals surface area contributed by atoms with E-state index in [0.29, 0.717) is 15.2 Å². The zero-order valence-corrected chi connectivity index (χ0v) is 13.1. The second-order valence-electron chi connectivity index (χ2n) is 4.72. The molecular weight excluding hydrogens is 303 g/mol. The van der Waals surface area contributed by atoms with Crippen LogP contribution in [0.2, 0.25) is 10.0 Å². The molecule has 1 aromatic rings. The number of thiocarbonyl (C=S) groups is 1. The lowest BCUT2D eigenvalue weighted by Crippen LogP contribution is -2.49. The topological polar surface area (TPSA) is 24.5 Å². The molecule has 1 N–H and O–H groups in total. The van der Waals surface area contributed by atoms with E-state index in [-0.39, 0.29) is 12.2 Å². The molecule has 0 radical (unpaired) electrons. The Balaban J connectivity index is 2.04. The second-order valence-corrected chi connectivity index (χ2v) is 5.95. The SMILES string of the molecule is CC1CN(C(=S)Nc2ccc(Cl)cc2Cl)CC(C)O1. The van der Waals surface area contributed by atoms with Gasteiger partial charge in [0.2, 0.25) is 0 Å². The lowest BCUT2D eigenvalue weighted by molar-refractivity contribution is -0.0473. The molecule has 1 aliphatic rings. The first-order valence-corrected chi connectivity index (χ1v) is 7.28. The smallest absolute Gasteiger partial charge is 0.173 e. The molecular formula is C13H16Cl2N2OS. The average molecular weight is 319 g/mol. The quantitative estimate of drug-likeness (QED) is 0.796. The Hall–Kier alpha value is -0.550. The van der Waals surface area contributed by atoms with Crippen LogP contribution in [0.25, 0.3) is 0 Å².